The number of nitrogens with zero attached hydrogens (tertiary/aromatic N) is 4. The van der Waals surface area contributed by atoms with Gasteiger partial charge in [-0.3, -0.25) is 4.79 Å². The number of nitrogen functional groups attached to an aromatic ring is 1. The van der Waals surface area contributed by atoms with Gasteiger partial charge in [0, 0.05) is 17.8 Å². The largest absolute Gasteiger partial charge is 0.494 e. The number of carbonyl (C=O) groups excluding carboxylic acids is 1. The monoisotopic (exact) mass is 415 g/mol. The zero-order valence-corrected chi connectivity index (χ0v) is 17.0. The second-order valence-corrected chi connectivity index (χ2v) is 6.98. The quantitative estimate of drug-likeness (QED) is 0.449. The number of aromatic nitrogens is 3. The molecule has 9 heteroatoms. The normalized spacial score (nSPS) is 10.7. The van der Waals surface area contributed by atoms with E-state index in [4.69, 9.17) is 10.6 Å². The van der Waals surface area contributed by atoms with Crippen LogP contribution in [0.1, 0.15) is 13.8 Å². The van der Waals surface area contributed by atoms with Gasteiger partial charge in [-0.15, -0.1) is 10.2 Å². The molecule has 0 aliphatic rings. The highest BCUT2D eigenvalue weighted by molar-refractivity contribution is 7.99. The lowest BCUT2D eigenvalue weighted by Crippen LogP contribution is -2.32. The molecule has 1 amide bonds. The van der Waals surface area contributed by atoms with Gasteiger partial charge < -0.3 is 15.5 Å². The van der Waals surface area contributed by atoms with E-state index < -0.39 is 0 Å². The van der Waals surface area contributed by atoms with E-state index in [1.165, 1.54) is 28.6 Å². The van der Waals surface area contributed by atoms with Crippen LogP contribution in [-0.2, 0) is 4.79 Å². The lowest BCUT2D eigenvalue weighted by molar-refractivity contribution is -0.116. The Morgan fingerprint density at radius 2 is 1.83 bits per heavy atom. The summed E-state index contributed by atoms with van der Waals surface area (Å²) in [7, 11) is 0. The third-order valence-corrected chi connectivity index (χ3v) is 5.10. The first kappa shape index (κ1) is 20.7. The molecule has 2 aromatic carbocycles. The number of ether oxygens (including phenoxy) is 1. The van der Waals surface area contributed by atoms with E-state index in [1.54, 1.807) is 17.0 Å². The molecule has 0 bridgehead atoms. The highest BCUT2D eigenvalue weighted by Crippen LogP contribution is 2.24. The summed E-state index contributed by atoms with van der Waals surface area (Å²) in [6.45, 7) is 4.85. The fourth-order valence-electron chi connectivity index (χ4n) is 2.77. The Kier molecular flexibility index (Phi) is 6.71. The molecular weight excluding hydrogens is 393 g/mol. The van der Waals surface area contributed by atoms with Gasteiger partial charge in [0.1, 0.15) is 11.6 Å². The Morgan fingerprint density at radius 1 is 1.14 bits per heavy atom. The summed E-state index contributed by atoms with van der Waals surface area (Å²) in [5, 5.41) is 8.65. The molecule has 29 heavy (non-hydrogen) atoms. The van der Waals surface area contributed by atoms with E-state index in [0.29, 0.717) is 29.8 Å². The van der Waals surface area contributed by atoms with Crippen LogP contribution in [0.4, 0.5) is 10.1 Å². The summed E-state index contributed by atoms with van der Waals surface area (Å²) >= 11 is 1.20. The van der Waals surface area contributed by atoms with Crippen LogP contribution in [0.2, 0.25) is 0 Å². The standard InChI is InChI=1S/C20H22FN5O2S/c1-3-25(16-9-7-15(21)8-10-16)18(27)13-29-20-24-23-19(26(20)22)14-5-11-17(12-6-14)28-4-2/h5-12H,3-4,13,22H2,1-2H3. The number of carbonyl (C=O) groups is 1. The molecule has 0 unspecified atom stereocenters. The van der Waals surface area contributed by atoms with Crippen LogP contribution in [-0.4, -0.2) is 39.7 Å². The number of amides is 1. The van der Waals surface area contributed by atoms with Crippen molar-refractivity contribution < 1.29 is 13.9 Å². The van der Waals surface area contributed by atoms with Crippen LogP contribution in [0, 0.1) is 5.82 Å². The number of rotatable bonds is 8. The summed E-state index contributed by atoms with van der Waals surface area (Å²) in [5.74, 6) is 7.04. The highest BCUT2D eigenvalue weighted by atomic mass is 32.2. The first-order valence-electron chi connectivity index (χ1n) is 9.16. The molecule has 0 atom stereocenters. The summed E-state index contributed by atoms with van der Waals surface area (Å²) < 4.78 is 19.9. The smallest absolute Gasteiger partial charge is 0.237 e. The first-order chi connectivity index (χ1) is 14.0. The predicted molar refractivity (Wildman–Crippen MR) is 112 cm³/mol. The summed E-state index contributed by atoms with van der Waals surface area (Å²) in [6, 6.07) is 13.2. The minimum Gasteiger partial charge on any atom is -0.494 e. The molecule has 0 fully saturated rings. The van der Waals surface area contributed by atoms with Crippen molar-refractivity contribution in [3.05, 3.63) is 54.3 Å². The third kappa shape index (κ3) is 4.86. The van der Waals surface area contributed by atoms with Crippen molar-refractivity contribution in [1.29, 1.82) is 0 Å². The predicted octanol–water partition coefficient (Wildman–Crippen LogP) is 3.34. The van der Waals surface area contributed by atoms with Crippen molar-refractivity contribution in [2.24, 2.45) is 0 Å². The Labute approximate surface area is 172 Å². The molecule has 0 aliphatic heterocycles. The van der Waals surface area contributed by atoms with Crippen molar-refractivity contribution in [2.45, 2.75) is 19.0 Å². The topological polar surface area (TPSA) is 86.3 Å². The van der Waals surface area contributed by atoms with Crippen molar-refractivity contribution in [1.82, 2.24) is 14.9 Å². The lowest BCUT2D eigenvalue weighted by atomic mass is 10.2. The van der Waals surface area contributed by atoms with E-state index in [0.717, 1.165) is 11.3 Å². The molecule has 3 aromatic rings. The lowest BCUT2D eigenvalue weighted by Gasteiger charge is -2.20. The zero-order chi connectivity index (χ0) is 20.8. The molecular formula is C20H22FN5O2S. The summed E-state index contributed by atoms with van der Waals surface area (Å²) in [5.41, 5.74) is 1.44. The van der Waals surface area contributed by atoms with Gasteiger partial charge in [-0.05, 0) is 62.4 Å². The van der Waals surface area contributed by atoms with E-state index in [1.807, 2.05) is 38.1 Å². The Bertz CT molecular complexity index is 960. The molecule has 1 heterocycles. The Morgan fingerprint density at radius 3 is 2.45 bits per heavy atom. The van der Waals surface area contributed by atoms with Crippen LogP contribution in [0.15, 0.2) is 53.7 Å². The fraction of sp³-hybridized carbons (Fsp3) is 0.250. The van der Waals surface area contributed by atoms with E-state index in [9.17, 15) is 9.18 Å². The summed E-state index contributed by atoms with van der Waals surface area (Å²) in [4.78, 5) is 14.2. The molecule has 3 rings (SSSR count). The average molecular weight is 415 g/mol. The minimum absolute atomic E-state index is 0.129. The maximum atomic E-state index is 13.1. The van der Waals surface area contributed by atoms with Gasteiger partial charge in [-0.1, -0.05) is 11.8 Å². The van der Waals surface area contributed by atoms with Crippen molar-refractivity contribution in [2.75, 3.05) is 29.6 Å². The second-order valence-electron chi connectivity index (χ2n) is 6.04. The van der Waals surface area contributed by atoms with Crippen molar-refractivity contribution in [3.63, 3.8) is 0 Å². The molecule has 0 saturated heterocycles. The van der Waals surface area contributed by atoms with Crippen LogP contribution in [0.25, 0.3) is 11.4 Å². The van der Waals surface area contributed by atoms with Crippen LogP contribution >= 0.6 is 11.8 Å². The average Bonchev–Trinajstić information content (AvgIpc) is 3.09. The van der Waals surface area contributed by atoms with Gasteiger partial charge in [-0.2, -0.15) is 0 Å². The Hall–Kier alpha value is -3.07. The van der Waals surface area contributed by atoms with E-state index in [-0.39, 0.29) is 17.5 Å². The second kappa shape index (κ2) is 9.42. The number of hydrogen-bond acceptors (Lipinski definition) is 6. The van der Waals surface area contributed by atoms with Crippen molar-refractivity contribution in [3.8, 4) is 17.1 Å². The van der Waals surface area contributed by atoms with Crippen LogP contribution in [0.3, 0.4) is 0 Å². The number of halogens is 1. The molecule has 0 aliphatic carbocycles. The number of anilines is 1. The maximum absolute atomic E-state index is 13.1. The highest BCUT2D eigenvalue weighted by Gasteiger charge is 2.18. The van der Waals surface area contributed by atoms with E-state index in [2.05, 4.69) is 10.2 Å². The molecule has 1 aromatic heterocycles. The third-order valence-electron chi connectivity index (χ3n) is 4.17. The van der Waals surface area contributed by atoms with Crippen LogP contribution in [0.5, 0.6) is 5.75 Å². The van der Waals surface area contributed by atoms with Gasteiger partial charge in [0.15, 0.2) is 5.82 Å². The van der Waals surface area contributed by atoms with Crippen molar-refractivity contribution >= 4 is 23.4 Å². The van der Waals surface area contributed by atoms with Gasteiger partial charge in [0.25, 0.3) is 0 Å². The zero-order valence-electron chi connectivity index (χ0n) is 16.2. The number of nitrogens with two attached hydrogens (primary N) is 1. The van der Waals surface area contributed by atoms with E-state index >= 15 is 0 Å². The molecule has 152 valence electrons. The first-order valence-corrected chi connectivity index (χ1v) is 10.1. The number of hydrogen-bond donors (Lipinski definition) is 1. The fourth-order valence-corrected chi connectivity index (χ4v) is 3.50. The maximum Gasteiger partial charge on any atom is 0.237 e. The SMILES string of the molecule is CCOc1ccc(-c2nnc(SCC(=O)N(CC)c3ccc(F)cc3)n2N)cc1. The number of thioether (sulfide) groups is 1. The van der Waals surface area contributed by atoms with Crippen LogP contribution < -0.4 is 15.5 Å². The van der Waals surface area contributed by atoms with Gasteiger partial charge >= 0.3 is 0 Å². The minimum atomic E-state index is -0.343. The summed E-state index contributed by atoms with van der Waals surface area (Å²) in [6.07, 6.45) is 0. The number of benzene rings is 2. The molecule has 0 saturated carbocycles. The van der Waals surface area contributed by atoms with Gasteiger partial charge in [0.05, 0.1) is 12.4 Å². The Balaban J connectivity index is 1.68. The molecule has 2 N–H and O–H groups in total. The molecule has 0 radical (unpaired) electrons. The van der Waals surface area contributed by atoms with Gasteiger partial charge in [0.2, 0.25) is 11.1 Å². The molecule has 0 spiro atoms. The molecule has 7 nitrogen and oxygen atoms in total. The van der Waals surface area contributed by atoms with Gasteiger partial charge in [-0.25, -0.2) is 9.07 Å².